The molecule has 1 heterocycles. The van der Waals surface area contributed by atoms with Crippen LogP contribution in [0.3, 0.4) is 0 Å². The Labute approximate surface area is 118 Å². The van der Waals surface area contributed by atoms with E-state index in [-0.39, 0.29) is 25.1 Å². The average molecular weight is 281 g/mol. The van der Waals surface area contributed by atoms with Crippen molar-refractivity contribution in [3.63, 3.8) is 0 Å². The van der Waals surface area contributed by atoms with E-state index in [2.05, 4.69) is 4.98 Å². The Morgan fingerprint density at radius 1 is 1.16 bits per heavy atom. The molecule has 102 valence electrons. The molecule has 5 heteroatoms. The van der Waals surface area contributed by atoms with Crippen LogP contribution in [0.25, 0.3) is 0 Å². The Hall–Kier alpha value is -1.62. The van der Waals surface area contributed by atoms with Crippen LogP contribution < -0.4 is 10.5 Å². The van der Waals surface area contributed by atoms with E-state index in [4.69, 9.17) is 15.6 Å². The Morgan fingerprint density at radius 3 is 2.47 bits per heavy atom. The molecule has 0 aliphatic rings. The lowest BCUT2D eigenvalue weighted by Gasteiger charge is -2.10. The summed E-state index contributed by atoms with van der Waals surface area (Å²) >= 11 is 0. The molecule has 2 aromatic rings. The van der Waals surface area contributed by atoms with E-state index < -0.39 is 0 Å². The molecule has 0 bridgehead atoms. The van der Waals surface area contributed by atoms with Crippen molar-refractivity contribution in [3.05, 3.63) is 54.2 Å². The Morgan fingerprint density at radius 2 is 1.89 bits per heavy atom. The number of benzene rings is 1. The molecule has 0 spiro atoms. The van der Waals surface area contributed by atoms with Gasteiger partial charge in [0.05, 0.1) is 0 Å². The van der Waals surface area contributed by atoms with Crippen molar-refractivity contribution in [2.45, 2.75) is 12.5 Å². The predicted octanol–water partition coefficient (Wildman–Crippen LogP) is 2.68. The quantitative estimate of drug-likeness (QED) is 0.883. The topological polar surface area (TPSA) is 68.4 Å². The minimum absolute atomic E-state index is 0. The molecule has 1 aromatic carbocycles. The minimum Gasteiger partial charge on any atom is -0.439 e. The zero-order valence-electron chi connectivity index (χ0n) is 10.4. The van der Waals surface area contributed by atoms with Crippen LogP contribution in [-0.2, 0) is 0 Å². The Kier molecular flexibility index (Phi) is 6.29. The molecular weight excluding hydrogens is 264 g/mol. The first-order chi connectivity index (χ1) is 8.79. The predicted molar refractivity (Wildman–Crippen MR) is 76.6 cm³/mol. The molecule has 0 saturated heterocycles. The number of halogens is 1. The van der Waals surface area contributed by atoms with E-state index >= 15 is 0 Å². The van der Waals surface area contributed by atoms with E-state index in [0.717, 1.165) is 11.3 Å². The number of nitrogens with two attached hydrogens (primary N) is 1. The normalized spacial score (nSPS) is 11.5. The van der Waals surface area contributed by atoms with Gasteiger partial charge in [0, 0.05) is 24.9 Å². The van der Waals surface area contributed by atoms with Crippen LogP contribution in [0.5, 0.6) is 11.6 Å². The molecule has 0 fully saturated rings. The zero-order valence-corrected chi connectivity index (χ0v) is 11.2. The van der Waals surface area contributed by atoms with Gasteiger partial charge in [-0.3, -0.25) is 0 Å². The lowest BCUT2D eigenvalue weighted by molar-refractivity contribution is 0.276. The highest BCUT2D eigenvalue weighted by Crippen LogP contribution is 2.20. The van der Waals surface area contributed by atoms with Gasteiger partial charge in [0.15, 0.2) is 0 Å². The first kappa shape index (κ1) is 15.4. The monoisotopic (exact) mass is 280 g/mol. The first-order valence-electron chi connectivity index (χ1n) is 5.85. The van der Waals surface area contributed by atoms with Gasteiger partial charge >= 0.3 is 0 Å². The number of ether oxygens (including phenoxy) is 1. The number of aliphatic hydroxyl groups is 1. The van der Waals surface area contributed by atoms with Crippen LogP contribution in [0.1, 0.15) is 18.0 Å². The molecule has 4 nitrogen and oxygen atoms in total. The third-order valence-electron chi connectivity index (χ3n) is 2.59. The van der Waals surface area contributed by atoms with Crippen LogP contribution in [-0.4, -0.2) is 16.7 Å². The summed E-state index contributed by atoms with van der Waals surface area (Å²) in [6.45, 7) is 0.0729. The zero-order chi connectivity index (χ0) is 12.8. The Bertz CT molecular complexity index is 477. The van der Waals surface area contributed by atoms with E-state index in [1.165, 1.54) is 0 Å². The van der Waals surface area contributed by atoms with Crippen LogP contribution in [0.2, 0.25) is 0 Å². The molecule has 1 unspecified atom stereocenters. The lowest BCUT2D eigenvalue weighted by atomic mass is 10.1. The first-order valence-corrected chi connectivity index (χ1v) is 5.85. The smallest absolute Gasteiger partial charge is 0.219 e. The second-order valence-corrected chi connectivity index (χ2v) is 3.96. The minimum atomic E-state index is -0.187. The largest absolute Gasteiger partial charge is 0.439 e. The molecule has 0 saturated carbocycles. The second kappa shape index (κ2) is 7.74. The van der Waals surface area contributed by atoms with E-state index in [1.807, 2.05) is 36.4 Å². The van der Waals surface area contributed by atoms with E-state index in [9.17, 15) is 0 Å². The van der Waals surface area contributed by atoms with Crippen molar-refractivity contribution < 1.29 is 9.84 Å². The number of hydrogen-bond donors (Lipinski definition) is 2. The molecule has 0 amide bonds. The van der Waals surface area contributed by atoms with Crippen molar-refractivity contribution in [2.24, 2.45) is 5.73 Å². The van der Waals surface area contributed by atoms with Crippen LogP contribution in [0.4, 0.5) is 0 Å². The van der Waals surface area contributed by atoms with Gasteiger partial charge < -0.3 is 15.6 Å². The van der Waals surface area contributed by atoms with Gasteiger partial charge in [-0.15, -0.1) is 12.4 Å². The molecule has 0 aliphatic carbocycles. The summed E-state index contributed by atoms with van der Waals surface area (Å²) in [7, 11) is 0. The number of aliphatic hydroxyl groups excluding tert-OH is 1. The van der Waals surface area contributed by atoms with Gasteiger partial charge in [-0.1, -0.05) is 24.3 Å². The molecule has 2 rings (SSSR count). The summed E-state index contributed by atoms with van der Waals surface area (Å²) in [6.07, 6.45) is 2.21. The van der Waals surface area contributed by atoms with Crippen molar-refractivity contribution in [3.8, 4) is 11.6 Å². The van der Waals surface area contributed by atoms with Crippen LogP contribution in [0.15, 0.2) is 48.7 Å². The van der Waals surface area contributed by atoms with Gasteiger partial charge in [0.25, 0.3) is 0 Å². The number of nitrogens with zero attached hydrogens (tertiary/aromatic N) is 1. The maximum absolute atomic E-state index is 8.82. The number of pyridine rings is 1. The lowest BCUT2D eigenvalue weighted by Crippen LogP contribution is -2.12. The maximum Gasteiger partial charge on any atom is 0.219 e. The number of rotatable bonds is 5. The molecule has 0 aliphatic heterocycles. The number of hydrogen-bond acceptors (Lipinski definition) is 4. The third kappa shape index (κ3) is 4.52. The summed E-state index contributed by atoms with van der Waals surface area (Å²) in [6, 6.07) is 12.9. The fourth-order valence-electron chi connectivity index (χ4n) is 1.59. The van der Waals surface area contributed by atoms with Crippen LogP contribution >= 0.6 is 12.4 Å². The van der Waals surface area contributed by atoms with Gasteiger partial charge in [-0.2, -0.15) is 0 Å². The van der Waals surface area contributed by atoms with Crippen molar-refractivity contribution in [1.29, 1.82) is 0 Å². The fourth-order valence-corrected chi connectivity index (χ4v) is 1.59. The summed E-state index contributed by atoms with van der Waals surface area (Å²) in [4.78, 5) is 4.19. The number of aromatic nitrogens is 1. The molecular formula is C14H17ClN2O2. The molecule has 1 atom stereocenters. The van der Waals surface area contributed by atoms with Gasteiger partial charge in [-0.05, 0) is 24.1 Å². The van der Waals surface area contributed by atoms with Crippen molar-refractivity contribution in [2.75, 3.05) is 6.61 Å². The summed E-state index contributed by atoms with van der Waals surface area (Å²) in [5.74, 6) is 1.28. The Balaban J connectivity index is 0.00000180. The standard InChI is InChI=1S/C14H16N2O2.ClH/c15-13(8-9-17)11-6-7-14(16-10-11)18-12-4-2-1-3-5-12;/h1-7,10,13,17H,8-9,15H2;1H. The highest BCUT2D eigenvalue weighted by Gasteiger charge is 2.06. The fraction of sp³-hybridized carbons (Fsp3) is 0.214. The van der Waals surface area contributed by atoms with Crippen LogP contribution in [0, 0.1) is 0 Å². The highest BCUT2D eigenvalue weighted by molar-refractivity contribution is 5.85. The van der Waals surface area contributed by atoms with Crippen molar-refractivity contribution >= 4 is 12.4 Å². The molecule has 3 N–H and O–H groups in total. The van der Waals surface area contributed by atoms with Gasteiger partial charge in [-0.25, -0.2) is 4.98 Å². The molecule has 1 aromatic heterocycles. The SMILES string of the molecule is Cl.NC(CCO)c1ccc(Oc2ccccc2)nc1. The number of para-hydroxylation sites is 1. The average Bonchev–Trinajstić information content (AvgIpc) is 2.41. The van der Waals surface area contributed by atoms with Gasteiger partial charge in [0.2, 0.25) is 5.88 Å². The van der Waals surface area contributed by atoms with Crippen molar-refractivity contribution in [1.82, 2.24) is 4.98 Å². The van der Waals surface area contributed by atoms with Gasteiger partial charge in [0.1, 0.15) is 5.75 Å². The third-order valence-corrected chi connectivity index (χ3v) is 2.59. The molecule has 19 heavy (non-hydrogen) atoms. The summed E-state index contributed by atoms with van der Waals surface area (Å²) < 4.78 is 5.57. The molecule has 0 radical (unpaired) electrons. The highest BCUT2D eigenvalue weighted by atomic mass is 35.5. The summed E-state index contributed by atoms with van der Waals surface area (Å²) in [5.41, 5.74) is 6.76. The maximum atomic E-state index is 8.82. The summed E-state index contributed by atoms with van der Waals surface area (Å²) in [5, 5.41) is 8.82. The second-order valence-electron chi connectivity index (χ2n) is 3.96. The van der Waals surface area contributed by atoms with E-state index in [0.29, 0.717) is 12.3 Å². The van der Waals surface area contributed by atoms with E-state index in [1.54, 1.807) is 12.3 Å².